The smallest absolute Gasteiger partial charge is 0.313 e. The lowest BCUT2D eigenvalue weighted by Gasteiger charge is -2.24. The molecule has 5 nitrogen and oxygen atoms in total. The van der Waals surface area contributed by atoms with Gasteiger partial charge in [0.15, 0.2) is 11.5 Å². The maximum Gasteiger partial charge on any atom is 0.313 e. The van der Waals surface area contributed by atoms with E-state index in [4.69, 9.17) is 9.47 Å². The minimum Gasteiger partial charge on any atom is -0.486 e. The third-order valence-corrected chi connectivity index (χ3v) is 3.96. The van der Waals surface area contributed by atoms with Gasteiger partial charge in [-0.1, -0.05) is 18.2 Å². The second kappa shape index (κ2) is 5.83. The maximum absolute atomic E-state index is 11.6. The molecule has 2 aromatic rings. The van der Waals surface area contributed by atoms with Crippen LogP contribution in [0.15, 0.2) is 42.5 Å². The molecule has 0 aliphatic carbocycles. The number of aliphatic carboxylic acids is 1. The fourth-order valence-corrected chi connectivity index (χ4v) is 2.53. The molecule has 0 fully saturated rings. The summed E-state index contributed by atoms with van der Waals surface area (Å²) in [6, 6.07) is 13.0. The van der Waals surface area contributed by atoms with Crippen molar-refractivity contribution < 1.29 is 19.4 Å². The molecule has 0 saturated carbocycles. The minimum absolute atomic E-state index is 0.527. The summed E-state index contributed by atoms with van der Waals surface area (Å²) in [6.45, 7) is 4.47. The highest BCUT2D eigenvalue weighted by molar-refractivity contribution is 5.84. The molecule has 0 bridgehead atoms. The molecule has 0 amide bonds. The van der Waals surface area contributed by atoms with Gasteiger partial charge in [0.2, 0.25) is 0 Å². The molecule has 120 valence electrons. The van der Waals surface area contributed by atoms with E-state index in [1.807, 2.05) is 42.5 Å². The summed E-state index contributed by atoms with van der Waals surface area (Å²) in [5.41, 5.74) is 1.32. The number of hydrogen-bond donors (Lipinski definition) is 2. The van der Waals surface area contributed by atoms with E-state index in [1.54, 1.807) is 13.8 Å². The Hall–Kier alpha value is -2.69. The van der Waals surface area contributed by atoms with E-state index < -0.39 is 11.4 Å². The van der Waals surface area contributed by atoms with E-state index in [0.717, 1.165) is 22.7 Å². The highest BCUT2D eigenvalue weighted by atomic mass is 16.6. The van der Waals surface area contributed by atoms with Gasteiger partial charge in [-0.25, -0.2) is 0 Å². The van der Waals surface area contributed by atoms with Crippen LogP contribution in [-0.4, -0.2) is 24.3 Å². The van der Waals surface area contributed by atoms with Crippen molar-refractivity contribution in [2.24, 2.45) is 0 Å². The molecular formula is C18H19NO4. The third-order valence-electron chi connectivity index (χ3n) is 3.96. The zero-order valence-electron chi connectivity index (χ0n) is 13.1. The lowest BCUT2D eigenvalue weighted by Crippen LogP contribution is -2.29. The van der Waals surface area contributed by atoms with Crippen molar-refractivity contribution in [1.82, 2.24) is 0 Å². The predicted molar refractivity (Wildman–Crippen MR) is 87.8 cm³/mol. The molecule has 0 unspecified atom stereocenters. The fraction of sp³-hybridized carbons (Fsp3) is 0.278. The first-order valence-electron chi connectivity index (χ1n) is 7.48. The van der Waals surface area contributed by atoms with Gasteiger partial charge in [0.25, 0.3) is 0 Å². The van der Waals surface area contributed by atoms with Gasteiger partial charge >= 0.3 is 5.97 Å². The highest BCUT2D eigenvalue weighted by Crippen LogP contribution is 2.36. The molecular weight excluding hydrogens is 294 g/mol. The standard InChI is InChI=1S/C18H19NO4/c1-18(2,17(20)21)13-5-3-4-6-14(13)19-12-7-8-15-16(11-12)23-10-9-22-15/h3-8,11,19H,9-10H2,1-2H3,(H,20,21). The van der Waals surface area contributed by atoms with Crippen molar-refractivity contribution >= 4 is 17.3 Å². The molecule has 0 aromatic heterocycles. The van der Waals surface area contributed by atoms with Crippen molar-refractivity contribution in [3.63, 3.8) is 0 Å². The molecule has 2 aromatic carbocycles. The average Bonchev–Trinajstić information content (AvgIpc) is 2.55. The van der Waals surface area contributed by atoms with E-state index in [0.29, 0.717) is 19.0 Å². The average molecular weight is 313 g/mol. The quantitative estimate of drug-likeness (QED) is 0.903. The van der Waals surface area contributed by atoms with Gasteiger partial charge in [0.05, 0.1) is 5.41 Å². The molecule has 0 atom stereocenters. The zero-order valence-corrected chi connectivity index (χ0v) is 13.1. The van der Waals surface area contributed by atoms with Gasteiger partial charge in [-0.2, -0.15) is 0 Å². The van der Waals surface area contributed by atoms with Crippen molar-refractivity contribution in [2.75, 3.05) is 18.5 Å². The Kier molecular flexibility index (Phi) is 3.86. The van der Waals surface area contributed by atoms with Gasteiger partial charge in [-0.15, -0.1) is 0 Å². The van der Waals surface area contributed by atoms with Crippen molar-refractivity contribution in [1.29, 1.82) is 0 Å². The summed E-state index contributed by atoms with van der Waals surface area (Å²) in [5.74, 6) is 0.547. The first-order chi connectivity index (χ1) is 11.0. The number of anilines is 2. The van der Waals surface area contributed by atoms with Crippen LogP contribution in [0.5, 0.6) is 11.5 Å². The summed E-state index contributed by atoms with van der Waals surface area (Å²) in [7, 11) is 0. The number of hydrogen-bond acceptors (Lipinski definition) is 4. The summed E-state index contributed by atoms with van der Waals surface area (Å²) in [4.78, 5) is 11.6. The summed E-state index contributed by atoms with van der Waals surface area (Å²) >= 11 is 0. The molecule has 3 rings (SSSR count). The maximum atomic E-state index is 11.6. The summed E-state index contributed by atoms with van der Waals surface area (Å²) in [5, 5.41) is 12.8. The monoisotopic (exact) mass is 313 g/mol. The van der Waals surface area contributed by atoms with Gasteiger partial charge in [0.1, 0.15) is 13.2 Å². The lowest BCUT2D eigenvalue weighted by atomic mass is 9.83. The zero-order chi connectivity index (χ0) is 16.4. The topological polar surface area (TPSA) is 67.8 Å². The number of para-hydroxylation sites is 1. The molecule has 1 heterocycles. The van der Waals surface area contributed by atoms with Crippen molar-refractivity contribution in [2.45, 2.75) is 19.3 Å². The Morgan fingerprint density at radius 1 is 1.09 bits per heavy atom. The molecule has 1 aliphatic rings. The normalized spacial score (nSPS) is 13.5. The number of rotatable bonds is 4. The Morgan fingerprint density at radius 3 is 2.52 bits per heavy atom. The van der Waals surface area contributed by atoms with E-state index in [1.165, 1.54) is 0 Å². The van der Waals surface area contributed by atoms with Crippen LogP contribution >= 0.6 is 0 Å². The summed E-state index contributed by atoms with van der Waals surface area (Å²) < 4.78 is 11.1. The summed E-state index contributed by atoms with van der Waals surface area (Å²) in [6.07, 6.45) is 0. The van der Waals surface area contributed by atoms with E-state index >= 15 is 0 Å². The lowest BCUT2D eigenvalue weighted by molar-refractivity contribution is -0.142. The van der Waals surface area contributed by atoms with Crippen LogP contribution in [0.25, 0.3) is 0 Å². The van der Waals surface area contributed by atoms with Crippen LogP contribution in [0.2, 0.25) is 0 Å². The second-order valence-corrected chi connectivity index (χ2v) is 5.96. The largest absolute Gasteiger partial charge is 0.486 e. The number of carboxylic acid groups (broad SMARTS) is 1. The van der Waals surface area contributed by atoms with Gasteiger partial charge < -0.3 is 19.9 Å². The molecule has 0 radical (unpaired) electrons. The predicted octanol–water partition coefficient (Wildman–Crippen LogP) is 3.56. The Morgan fingerprint density at radius 2 is 1.78 bits per heavy atom. The van der Waals surface area contributed by atoms with Gasteiger partial charge in [-0.3, -0.25) is 4.79 Å². The first kappa shape index (κ1) is 15.2. The van der Waals surface area contributed by atoms with Crippen LogP contribution in [0.4, 0.5) is 11.4 Å². The number of nitrogens with one attached hydrogen (secondary N) is 1. The van der Waals surface area contributed by atoms with Gasteiger partial charge in [-0.05, 0) is 37.6 Å². The first-order valence-corrected chi connectivity index (χ1v) is 7.48. The van der Waals surface area contributed by atoms with Crippen LogP contribution in [0.3, 0.4) is 0 Å². The van der Waals surface area contributed by atoms with E-state index in [-0.39, 0.29) is 0 Å². The second-order valence-electron chi connectivity index (χ2n) is 5.96. The molecule has 23 heavy (non-hydrogen) atoms. The SMILES string of the molecule is CC(C)(C(=O)O)c1ccccc1Nc1ccc2c(c1)OCCO2. The highest BCUT2D eigenvalue weighted by Gasteiger charge is 2.31. The van der Waals surface area contributed by atoms with Crippen LogP contribution in [0, 0.1) is 0 Å². The number of carboxylic acids is 1. The van der Waals surface area contributed by atoms with Crippen LogP contribution in [-0.2, 0) is 10.2 Å². The third kappa shape index (κ3) is 2.95. The van der Waals surface area contributed by atoms with Crippen LogP contribution < -0.4 is 14.8 Å². The van der Waals surface area contributed by atoms with Crippen molar-refractivity contribution in [3.8, 4) is 11.5 Å². The fourth-order valence-electron chi connectivity index (χ4n) is 2.53. The molecule has 0 spiro atoms. The number of ether oxygens (including phenoxy) is 2. The van der Waals surface area contributed by atoms with E-state index in [9.17, 15) is 9.90 Å². The number of fused-ring (bicyclic) bond motifs is 1. The Labute approximate surface area is 134 Å². The molecule has 0 saturated heterocycles. The number of carbonyl (C=O) groups is 1. The molecule has 2 N–H and O–H groups in total. The van der Waals surface area contributed by atoms with Gasteiger partial charge in [0, 0.05) is 17.4 Å². The van der Waals surface area contributed by atoms with Crippen LogP contribution in [0.1, 0.15) is 19.4 Å². The Balaban J connectivity index is 1.93. The van der Waals surface area contributed by atoms with E-state index in [2.05, 4.69) is 5.32 Å². The Bertz CT molecular complexity index is 740. The van der Waals surface area contributed by atoms with Crippen molar-refractivity contribution in [3.05, 3.63) is 48.0 Å². The number of benzene rings is 2. The minimum atomic E-state index is -0.989. The molecule has 1 aliphatic heterocycles. The molecule has 5 heteroatoms.